The first kappa shape index (κ1) is 12.2. The molecule has 0 aliphatic rings. The van der Waals surface area contributed by atoms with E-state index in [0.717, 1.165) is 17.7 Å². The van der Waals surface area contributed by atoms with Gasteiger partial charge in [-0.2, -0.15) is 0 Å². The maximum atomic E-state index is 5.96. The van der Waals surface area contributed by atoms with Crippen LogP contribution in [0.2, 0.25) is 10.0 Å². The van der Waals surface area contributed by atoms with Crippen LogP contribution in [-0.2, 0) is 13.0 Å². The van der Waals surface area contributed by atoms with Gasteiger partial charge in [0.2, 0.25) is 0 Å². The first-order valence-electron chi connectivity index (χ1n) is 5.23. The normalized spacial score (nSPS) is 10.8. The lowest BCUT2D eigenvalue weighted by Gasteiger charge is -2.06. The minimum Gasteiger partial charge on any atom is -0.381 e. The van der Waals surface area contributed by atoms with Crippen molar-refractivity contribution in [2.75, 3.05) is 5.73 Å². The standard InChI is InChI=1S/C11H12Cl2N4/c1-2-10-11(14)15-16-17(10)6-7-3-4-8(12)9(13)5-7/h3-5H,2,6,14H2,1H3. The molecule has 0 fully saturated rings. The predicted octanol–water partition coefficient (Wildman–Crippen LogP) is 2.78. The molecular weight excluding hydrogens is 259 g/mol. The van der Waals surface area contributed by atoms with E-state index in [-0.39, 0.29) is 0 Å². The molecule has 0 unspecified atom stereocenters. The molecule has 0 aliphatic carbocycles. The number of nitrogens with two attached hydrogens (primary N) is 1. The van der Waals surface area contributed by atoms with Crippen molar-refractivity contribution in [1.82, 2.24) is 15.0 Å². The van der Waals surface area contributed by atoms with E-state index in [1.165, 1.54) is 0 Å². The first-order valence-corrected chi connectivity index (χ1v) is 5.99. The van der Waals surface area contributed by atoms with Crippen molar-refractivity contribution in [2.45, 2.75) is 19.9 Å². The molecule has 6 heteroatoms. The monoisotopic (exact) mass is 270 g/mol. The number of aromatic nitrogens is 3. The van der Waals surface area contributed by atoms with Crippen LogP contribution in [0.15, 0.2) is 18.2 Å². The summed E-state index contributed by atoms with van der Waals surface area (Å²) in [5.41, 5.74) is 7.66. The molecule has 17 heavy (non-hydrogen) atoms. The number of nitrogen functional groups attached to an aromatic ring is 1. The molecule has 0 saturated carbocycles. The van der Waals surface area contributed by atoms with Crippen LogP contribution in [-0.4, -0.2) is 15.0 Å². The van der Waals surface area contributed by atoms with Crippen molar-refractivity contribution < 1.29 is 0 Å². The van der Waals surface area contributed by atoms with E-state index >= 15 is 0 Å². The van der Waals surface area contributed by atoms with E-state index < -0.39 is 0 Å². The molecule has 1 aromatic heterocycles. The summed E-state index contributed by atoms with van der Waals surface area (Å²) in [6.07, 6.45) is 0.792. The highest BCUT2D eigenvalue weighted by atomic mass is 35.5. The summed E-state index contributed by atoms with van der Waals surface area (Å²) in [4.78, 5) is 0. The van der Waals surface area contributed by atoms with Gasteiger partial charge >= 0.3 is 0 Å². The molecular formula is C11H12Cl2N4. The summed E-state index contributed by atoms with van der Waals surface area (Å²) in [7, 11) is 0. The Labute approximate surface area is 109 Å². The van der Waals surface area contributed by atoms with Crippen LogP contribution in [0.4, 0.5) is 5.82 Å². The number of rotatable bonds is 3. The Morgan fingerprint density at radius 1 is 1.29 bits per heavy atom. The van der Waals surface area contributed by atoms with E-state index in [1.54, 1.807) is 10.7 Å². The van der Waals surface area contributed by atoms with E-state index in [2.05, 4.69) is 10.3 Å². The Balaban J connectivity index is 2.28. The smallest absolute Gasteiger partial charge is 0.169 e. The van der Waals surface area contributed by atoms with Crippen molar-refractivity contribution in [2.24, 2.45) is 0 Å². The van der Waals surface area contributed by atoms with E-state index in [0.29, 0.717) is 22.4 Å². The Kier molecular flexibility index (Phi) is 3.54. The fraction of sp³-hybridized carbons (Fsp3) is 0.273. The molecule has 0 aliphatic heterocycles. The average molecular weight is 271 g/mol. The molecule has 2 N–H and O–H groups in total. The lowest BCUT2D eigenvalue weighted by Crippen LogP contribution is -2.06. The fourth-order valence-electron chi connectivity index (χ4n) is 1.65. The molecule has 0 radical (unpaired) electrons. The Morgan fingerprint density at radius 3 is 2.71 bits per heavy atom. The van der Waals surface area contributed by atoms with Gasteiger partial charge < -0.3 is 5.73 Å². The molecule has 4 nitrogen and oxygen atoms in total. The quantitative estimate of drug-likeness (QED) is 0.933. The minimum atomic E-state index is 0.479. The highest BCUT2D eigenvalue weighted by Gasteiger charge is 2.09. The lowest BCUT2D eigenvalue weighted by molar-refractivity contribution is 0.622. The number of hydrogen-bond donors (Lipinski definition) is 1. The zero-order valence-corrected chi connectivity index (χ0v) is 10.8. The van der Waals surface area contributed by atoms with Crippen LogP contribution in [0.25, 0.3) is 0 Å². The van der Waals surface area contributed by atoms with Gasteiger partial charge in [0.05, 0.1) is 22.3 Å². The number of nitrogens with zero attached hydrogens (tertiary/aromatic N) is 3. The van der Waals surface area contributed by atoms with Gasteiger partial charge in [0.1, 0.15) is 0 Å². The third-order valence-electron chi connectivity index (χ3n) is 2.52. The Morgan fingerprint density at radius 2 is 2.06 bits per heavy atom. The molecule has 2 aromatic rings. The second-order valence-electron chi connectivity index (χ2n) is 3.68. The highest BCUT2D eigenvalue weighted by Crippen LogP contribution is 2.23. The van der Waals surface area contributed by atoms with Gasteiger partial charge in [0.15, 0.2) is 5.82 Å². The maximum Gasteiger partial charge on any atom is 0.169 e. The summed E-state index contributed by atoms with van der Waals surface area (Å²) >= 11 is 11.8. The summed E-state index contributed by atoms with van der Waals surface area (Å²) < 4.78 is 1.77. The van der Waals surface area contributed by atoms with Gasteiger partial charge in [-0.15, -0.1) is 5.10 Å². The number of hydrogen-bond acceptors (Lipinski definition) is 3. The minimum absolute atomic E-state index is 0.479. The molecule has 1 aromatic carbocycles. The fourth-order valence-corrected chi connectivity index (χ4v) is 1.97. The molecule has 0 bridgehead atoms. The molecule has 0 saturated heterocycles. The van der Waals surface area contributed by atoms with E-state index in [1.807, 2.05) is 19.1 Å². The average Bonchev–Trinajstić information content (AvgIpc) is 2.64. The van der Waals surface area contributed by atoms with Crippen LogP contribution >= 0.6 is 23.2 Å². The third kappa shape index (κ3) is 2.53. The maximum absolute atomic E-state index is 5.96. The van der Waals surface area contributed by atoms with Crippen LogP contribution in [0, 0.1) is 0 Å². The van der Waals surface area contributed by atoms with Crippen molar-refractivity contribution in [1.29, 1.82) is 0 Å². The van der Waals surface area contributed by atoms with Crippen LogP contribution in [0.3, 0.4) is 0 Å². The predicted molar refractivity (Wildman–Crippen MR) is 69.4 cm³/mol. The largest absolute Gasteiger partial charge is 0.381 e. The summed E-state index contributed by atoms with van der Waals surface area (Å²) in [6.45, 7) is 2.60. The van der Waals surface area contributed by atoms with Gasteiger partial charge in [-0.05, 0) is 24.1 Å². The zero-order valence-electron chi connectivity index (χ0n) is 9.32. The first-order chi connectivity index (χ1) is 8.11. The lowest BCUT2D eigenvalue weighted by atomic mass is 10.2. The van der Waals surface area contributed by atoms with Gasteiger partial charge in [-0.25, -0.2) is 4.68 Å². The Hall–Kier alpha value is -1.26. The number of halogens is 2. The second kappa shape index (κ2) is 4.94. The highest BCUT2D eigenvalue weighted by molar-refractivity contribution is 6.42. The van der Waals surface area contributed by atoms with Crippen molar-refractivity contribution in [3.05, 3.63) is 39.5 Å². The van der Waals surface area contributed by atoms with Gasteiger partial charge in [0.25, 0.3) is 0 Å². The van der Waals surface area contributed by atoms with Crippen LogP contribution in [0.1, 0.15) is 18.2 Å². The topological polar surface area (TPSA) is 56.7 Å². The number of benzene rings is 1. The van der Waals surface area contributed by atoms with Gasteiger partial charge in [-0.3, -0.25) is 0 Å². The summed E-state index contributed by atoms with van der Waals surface area (Å²) in [5.74, 6) is 0.479. The third-order valence-corrected chi connectivity index (χ3v) is 3.26. The van der Waals surface area contributed by atoms with Crippen molar-refractivity contribution in [3.8, 4) is 0 Å². The van der Waals surface area contributed by atoms with Gasteiger partial charge in [-0.1, -0.05) is 41.4 Å². The van der Waals surface area contributed by atoms with E-state index in [9.17, 15) is 0 Å². The molecule has 0 atom stereocenters. The second-order valence-corrected chi connectivity index (χ2v) is 4.50. The molecule has 0 spiro atoms. The molecule has 1 heterocycles. The van der Waals surface area contributed by atoms with E-state index in [4.69, 9.17) is 28.9 Å². The van der Waals surface area contributed by atoms with Crippen molar-refractivity contribution >= 4 is 29.0 Å². The molecule has 2 rings (SSSR count). The summed E-state index contributed by atoms with van der Waals surface area (Å²) in [6, 6.07) is 5.50. The van der Waals surface area contributed by atoms with Crippen LogP contribution in [0.5, 0.6) is 0 Å². The molecule has 90 valence electrons. The SMILES string of the molecule is CCc1c(N)nnn1Cc1ccc(Cl)c(Cl)c1. The van der Waals surface area contributed by atoms with Gasteiger partial charge in [0, 0.05) is 0 Å². The van der Waals surface area contributed by atoms with Crippen molar-refractivity contribution in [3.63, 3.8) is 0 Å². The number of anilines is 1. The zero-order chi connectivity index (χ0) is 12.4. The summed E-state index contributed by atoms with van der Waals surface area (Å²) in [5, 5.41) is 8.94. The molecule has 0 amide bonds. The Bertz CT molecular complexity index is 536. The van der Waals surface area contributed by atoms with Crippen LogP contribution < -0.4 is 5.73 Å².